The molecule has 0 aromatic carbocycles. The van der Waals surface area contributed by atoms with E-state index in [2.05, 4.69) is 0 Å². The van der Waals surface area contributed by atoms with Crippen LogP contribution in [0.3, 0.4) is 0 Å². The second-order valence-corrected chi connectivity index (χ2v) is 1.50. The molecule has 0 amide bonds. The van der Waals surface area contributed by atoms with Crippen molar-refractivity contribution in [3.05, 3.63) is 0 Å². The van der Waals surface area contributed by atoms with Crippen LogP contribution in [-0.2, 0) is 0 Å². The van der Waals surface area contributed by atoms with Crippen molar-refractivity contribution < 1.29 is 24.7 Å². The van der Waals surface area contributed by atoms with Crippen molar-refractivity contribution in [3.63, 3.8) is 0 Å². The smallest absolute Gasteiger partial charge is 0 e. The minimum atomic E-state index is -5.61. The predicted molar refractivity (Wildman–Crippen MR) is 15.1 cm³/mol. The molecular weight excluding hydrogens is 315 g/mol. The normalized spacial score (nSPS) is 8.57. The van der Waals surface area contributed by atoms with Gasteiger partial charge in [0, 0.05) is 27.3 Å². The Morgan fingerprint density at radius 3 is 0.857 bits per heavy atom. The van der Waals surface area contributed by atoms with Gasteiger partial charge in [-0.1, -0.05) is 0 Å². The molecule has 0 aromatic heterocycles. The molecule has 2 N–H and O–H groups in total. The van der Waals surface area contributed by atoms with Crippen LogP contribution in [0.15, 0.2) is 0 Å². The van der Waals surface area contributed by atoms with Gasteiger partial charge in [0.05, 0.1) is 0 Å². The molecule has 0 atom stereocenters. The van der Waals surface area contributed by atoms with Crippen LogP contribution in [0.2, 0.25) is 0 Å². The van der Waals surface area contributed by atoms with E-state index in [0.29, 0.717) is 0 Å². The fourth-order valence-corrected chi connectivity index (χ4v) is 0. The van der Waals surface area contributed by atoms with E-state index in [1.807, 2.05) is 0 Å². The van der Waals surface area contributed by atoms with Crippen molar-refractivity contribution in [1.29, 1.82) is 0 Å². The van der Waals surface area contributed by atoms with Gasteiger partial charge in [-0.05, 0) is 0 Å². The van der Waals surface area contributed by atoms with Gasteiger partial charge < -0.3 is 33.7 Å². The van der Waals surface area contributed by atoms with E-state index in [4.69, 9.17) is 19.2 Å². The van der Waals surface area contributed by atoms with Crippen molar-refractivity contribution in [3.8, 4) is 0 Å². The summed E-state index contributed by atoms with van der Waals surface area (Å²) in [4.78, 5) is 34.3. The van der Waals surface area contributed by atoms with Crippen LogP contribution in [0.4, 0.5) is 0 Å². The molecule has 0 bridgehead atoms. The third kappa shape index (κ3) is 192. The zero-order valence-electron chi connectivity index (χ0n) is 3.13. The summed E-state index contributed by atoms with van der Waals surface area (Å²) in [5.41, 5.74) is 0. The SMILES string of the molecule is O.[O-][Si]([O-])([O-])[O-].[Pb]. The van der Waals surface area contributed by atoms with Crippen LogP contribution < -0.4 is 19.2 Å². The Bertz CT molecular complexity index is 23.6. The Labute approximate surface area is 61.2 Å². The van der Waals surface area contributed by atoms with Gasteiger partial charge >= 0.3 is 0 Å². The molecule has 4 radical (unpaired) electrons. The largest absolute Gasteiger partial charge is 0.894 e. The average Bonchev–Trinajstić information content (AvgIpc) is 0.722. The van der Waals surface area contributed by atoms with Crippen molar-refractivity contribution in [2.24, 2.45) is 0 Å². The molecule has 7 heteroatoms. The van der Waals surface area contributed by atoms with Crippen LogP contribution in [0.1, 0.15) is 0 Å². The molecule has 0 aliphatic rings. The maximum atomic E-state index is 8.58. The molecule has 0 aromatic rings. The molecule has 0 heterocycles. The molecular formula is H2O5PbSi-4. The van der Waals surface area contributed by atoms with Gasteiger partial charge in [0.2, 0.25) is 0 Å². The quantitative estimate of drug-likeness (QED) is 0.412. The number of hydrogen-bond acceptors (Lipinski definition) is 4. The summed E-state index contributed by atoms with van der Waals surface area (Å²) in [5.74, 6) is 0. The monoisotopic (exact) mass is 318 g/mol. The van der Waals surface area contributed by atoms with Crippen LogP contribution in [-0.4, -0.2) is 41.8 Å². The second-order valence-electron chi connectivity index (χ2n) is 0.500. The van der Waals surface area contributed by atoms with E-state index in [1.54, 1.807) is 0 Å². The van der Waals surface area contributed by atoms with Gasteiger partial charge in [0.25, 0.3) is 0 Å². The van der Waals surface area contributed by atoms with Crippen molar-refractivity contribution in [2.45, 2.75) is 0 Å². The molecule has 0 aliphatic heterocycles. The summed E-state index contributed by atoms with van der Waals surface area (Å²) in [7, 11) is -5.61. The Hall–Kier alpha value is 0.939. The molecule has 0 saturated carbocycles. The summed E-state index contributed by atoms with van der Waals surface area (Å²) in [6.45, 7) is 0. The Kier molecular flexibility index (Phi) is 11.4. The fourth-order valence-electron chi connectivity index (χ4n) is 0. The van der Waals surface area contributed by atoms with Crippen molar-refractivity contribution >= 4 is 36.3 Å². The average molecular weight is 317 g/mol. The van der Waals surface area contributed by atoms with E-state index in [0.717, 1.165) is 0 Å². The molecule has 0 spiro atoms. The van der Waals surface area contributed by atoms with Gasteiger partial charge in [-0.25, -0.2) is 0 Å². The maximum absolute atomic E-state index is 8.58. The Morgan fingerprint density at radius 2 is 0.857 bits per heavy atom. The zero-order valence-corrected chi connectivity index (χ0v) is 8.02. The molecule has 7 heavy (non-hydrogen) atoms. The standard InChI is InChI=1S/O4Si.H2O.Pb/c1-5(2,3)4;;/h;1H2;/q-4;;. The van der Waals surface area contributed by atoms with Gasteiger partial charge in [0.15, 0.2) is 0 Å². The van der Waals surface area contributed by atoms with Crippen molar-refractivity contribution in [2.75, 3.05) is 0 Å². The first-order chi connectivity index (χ1) is 2.00. The van der Waals surface area contributed by atoms with Gasteiger partial charge in [-0.15, -0.1) is 0 Å². The van der Waals surface area contributed by atoms with E-state index >= 15 is 0 Å². The summed E-state index contributed by atoms with van der Waals surface area (Å²) in [5, 5.41) is 0. The summed E-state index contributed by atoms with van der Waals surface area (Å²) < 4.78 is 0. The minimum absolute atomic E-state index is 0. The Morgan fingerprint density at radius 1 is 0.857 bits per heavy atom. The van der Waals surface area contributed by atoms with Gasteiger partial charge in [0.1, 0.15) is 0 Å². The first-order valence-corrected chi connectivity index (χ1v) is 2.45. The first-order valence-electron chi connectivity index (χ1n) is 0.816. The molecule has 0 fully saturated rings. The molecule has 5 nitrogen and oxygen atoms in total. The van der Waals surface area contributed by atoms with Crippen molar-refractivity contribution in [1.82, 2.24) is 0 Å². The van der Waals surface area contributed by atoms with E-state index in [-0.39, 0.29) is 32.8 Å². The number of rotatable bonds is 0. The third-order valence-electron chi connectivity index (χ3n) is 0. The van der Waals surface area contributed by atoms with Crippen LogP contribution in [0.25, 0.3) is 0 Å². The second kappa shape index (κ2) is 5.08. The first kappa shape index (κ1) is 15.7. The maximum Gasteiger partial charge on any atom is 0 e. The number of hydrogen-bond donors (Lipinski definition) is 0. The van der Waals surface area contributed by atoms with E-state index < -0.39 is 9.05 Å². The molecule has 0 unspecified atom stereocenters. The summed E-state index contributed by atoms with van der Waals surface area (Å²) in [6, 6.07) is 0. The predicted octanol–water partition coefficient (Wildman–Crippen LogP) is -6.34. The van der Waals surface area contributed by atoms with Crippen LogP contribution >= 0.6 is 0 Å². The fraction of sp³-hybridized carbons (Fsp3) is 0. The third-order valence-corrected chi connectivity index (χ3v) is 0. The van der Waals surface area contributed by atoms with Gasteiger partial charge in [-0.3, -0.25) is 0 Å². The summed E-state index contributed by atoms with van der Waals surface area (Å²) in [6.07, 6.45) is 0. The molecule has 0 saturated heterocycles. The molecule has 44 valence electrons. The van der Waals surface area contributed by atoms with Crippen LogP contribution in [0.5, 0.6) is 0 Å². The van der Waals surface area contributed by atoms with Gasteiger partial charge in [-0.2, -0.15) is 0 Å². The van der Waals surface area contributed by atoms with E-state index in [1.165, 1.54) is 0 Å². The topological polar surface area (TPSA) is 124 Å². The Balaban J connectivity index is -0.0000000800. The van der Waals surface area contributed by atoms with E-state index in [9.17, 15) is 0 Å². The van der Waals surface area contributed by atoms with Crippen LogP contribution in [0, 0.1) is 0 Å². The molecule has 0 rings (SSSR count). The minimum Gasteiger partial charge on any atom is -0.894 e. The zero-order chi connectivity index (χ0) is 4.50. The summed E-state index contributed by atoms with van der Waals surface area (Å²) >= 11 is 0. The molecule has 0 aliphatic carbocycles.